The van der Waals surface area contributed by atoms with E-state index in [1.807, 2.05) is 0 Å². The van der Waals surface area contributed by atoms with Crippen LogP contribution in [0.3, 0.4) is 0 Å². The molecule has 0 saturated carbocycles. The van der Waals surface area contributed by atoms with Crippen LogP contribution in [0.15, 0.2) is 0 Å². The zero-order valence-corrected chi connectivity index (χ0v) is 15.7. The van der Waals surface area contributed by atoms with Gasteiger partial charge in [-0.15, -0.1) is 0 Å². The number of hydrogen-bond acceptors (Lipinski definition) is 5. The molecule has 10 nitrogen and oxygen atoms in total. The lowest BCUT2D eigenvalue weighted by Crippen LogP contribution is -2.55. The molecule has 0 saturated heterocycles. The van der Waals surface area contributed by atoms with Gasteiger partial charge in [0.25, 0.3) is 0 Å². The van der Waals surface area contributed by atoms with Crippen molar-refractivity contribution in [1.82, 2.24) is 21.3 Å². The van der Waals surface area contributed by atoms with Crippen LogP contribution < -0.4 is 27.0 Å². The summed E-state index contributed by atoms with van der Waals surface area (Å²) in [6, 6.07) is -2.58. The highest BCUT2D eigenvalue weighted by Crippen LogP contribution is 2.03. The minimum Gasteiger partial charge on any atom is -0.368 e. The summed E-state index contributed by atoms with van der Waals surface area (Å²) >= 11 is 0. The minimum absolute atomic E-state index is 0.146. The molecule has 10 heteroatoms. The summed E-state index contributed by atoms with van der Waals surface area (Å²) in [7, 11) is 0. The van der Waals surface area contributed by atoms with Crippen LogP contribution in [-0.2, 0) is 24.0 Å². The van der Waals surface area contributed by atoms with E-state index in [0.29, 0.717) is 25.8 Å². The lowest BCUT2D eigenvalue weighted by molar-refractivity contribution is -0.132. The van der Waals surface area contributed by atoms with E-state index in [9.17, 15) is 24.0 Å². The summed E-state index contributed by atoms with van der Waals surface area (Å²) in [4.78, 5) is 57.4. The zero-order chi connectivity index (χ0) is 20.3. The third-order valence-electron chi connectivity index (χ3n) is 3.53. The Kier molecular flexibility index (Phi) is 10.6. The molecule has 0 fully saturated rings. The van der Waals surface area contributed by atoms with E-state index >= 15 is 0 Å². The predicted octanol–water partition coefficient (Wildman–Crippen LogP) is -1.71. The maximum absolute atomic E-state index is 12.3. The maximum Gasteiger partial charge on any atom is 0.243 e. The van der Waals surface area contributed by atoms with E-state index in [2.05, 4.69) is 21.3 Å². The summed E-state index contributed by atoms with van der Waals surface area (Å²) in [5.41, 5.74) is 5.13. The van der Waals surface area contributed by atoms with Crippen molar-refractivity contribution in [3.8, 4) is 0 Å². The van der Waals surface area contributed by atoms with Gasteiger partial charge in [0.15, 0.2) is 0 Å². The van der Waals surface area contributed by atoms with Gasteiger partial charge in [-0.05, 0) is 33.1 Å². The molecule has 0 unspecified atom stereocenters. The fourth-order valence-corrected chi connectivity index (χ4v) is 2.06. The molecule has 0 aromatic heterocycles. The molecule has 0 aliphatic rings. The van der Waals surface area contributed by atoms with Gasteiger partial charge in [-0.1, -0.05) is 0 Å². The van der Waals surface area contributed by atoms with Crippen LogP contribution in [0, 0.1) is 0 Å². The van der Waals surface area contributed by atoms with E-state index in [-0.39, 0.29) is 11.8 Å². The normalized spacial score (nSPS) is 13.7. The highest BCUT2D eigenvalue weighted by atomic mass is 16.2. The molecule has 148 valence electrons. The molecule has 0 radical (unpaired) electrons. The number of hydrogen-bond donors (Lipinski definition) is 5. The van der Waals surface area contributed by atoms with Crippen LogP contribution in [0.25, 0.3) is 0 Å². The third-order valence-corrected chi connectivity index (χ3v) is 3.53. The number of primary amides is 1. The number of nitrogens with two attached hydrogens (primary N) is 1. The van der Waals surface area contributed by atoms with Crippen LogP contribution in [0.4, 0.5) is 0 Å². The summed E-state index contributed by atoms with van der Waals surface area (Å²) in [5.74, 6) is -2.27. The van der Waals surface area contributed by atoms with Gasteiger partial charge < -0.3 is 27.0 Å². The second-order valence-electron chi connectivity index (χ2n) is 6.09. The van der Waals surface area contributed by atoms with Crippen molar-refractivity contribution in [3.05, 3.63) is 0 Å². The van der Waals surface area contributed by atoms with Crippen LogP contribution in [0.1, 0.15) is 47.0 Å². The Hall–Kier alpha value is -2.65. The van der Waals surface area contributed by atoms with E-state index < -0.39 is 35.8 Å². The van der Waals surface area contributed by atoms with E-state index in [1.54, 1.807) is 0 Å². The summed E-state index contributed by atoms with van der Waals surface area (Å²) < 4.78 is 0. The van der Waals surface area contributed by atoms with E-state index in [0.717, 1.165) is 0 Å². The fraction of sp³-hybridized carbons (Fsp3) is 0.688. The molecule has 0 aliphatic heterocycles. The Bertz CT molecular complexity index is 537. The Morgan fingerprint density at radius 2 is 1.42 bits per heavy atom. The third kappa shape index (κ3) is 10.3. The molecule has 26 heavy (non-hydrogen) atoms. The lowest BCUT2D eigenvalue weighted by Gasteiger charge is -2.22. The smallest absolute Gasteiger partial charge is 0.243 e. The monoisotopic (exact) mass is 371 g/mol. The number of amides is 5. The van der Waals surface area contributed by atoms with Gasteiger partial charge >= 0.3 is 0 Å². The lowest BCUT2D eigenvalue weighted by atomic mass is 10.1. The molecule has 0 spiro atoms. The molecule has 0 aromatic carbocycles. The molecule has 0 bridgehead atoms. The molecule has 3 atom stereocenters. The second kappa shape index (κ2) is 11.8. The fourth-order valence-electron chi connectivity index (χ4n) is 2.06. The Morgan fingerprint density at radius 1 is 0.808 bits per heavy atom. The first-order chi connectivity index (χ1) is 12.0. The van der Waals surface area contributed by atoms with Crippen LogP contribution in [0.5, 0.6) is 0 Å². The zero-order valence-electron chi connectivity index (χ0n) is 15.7. The van der Waals surface area contributed by atoms with Gasteiger partial charge in [0.05, 0.1) is 0 Å². The Balaban J connectivity index is 4.78. The largest absolute Gasteiger partial charge is 0.368 e. The number of carbonyl (C=O) groups excluding carboxylic acids is 5. The first-order valence-corrected chi connectivity index (χ1v) is 8.46. The van der Waals surface area contributed by atoms with Crippen LogP contribution in [0.2, 0.25) is 0 Å². The molecular formula is C16H29N5O5. The number of carbonyl (C=O) groups is 5. The SMILES string of the molecule is CC(=O)NCCCC[C@H](NC(=O)[C@H](C)NC(C)=O)C(=O)N[C@@H](C)C(N)=O. The number of rotatable bonds is 11. The Morgan fingerprint density at radius 3 is 1.92 bits per heavy atom. The predicted molar refractivity (Wildman–Crippen MR) is 94.5 cm³/mol. The topological polar surface area (TPSA) is 159 Å². The quantitative estimate of drug-likeness (QED) is 0.273. The van der Waals surface area contributed by atoms with Gasteiger partial charge in [-0.2, -0.15) is 0 Å². The van der Waals surface area contributed by atoms with Crippen molar-refractivity contribution in [1.29, 1.82) is 0 Å². The first-order valence-electron chi connectivity index (χ1n) is 8.46. The molecule has 0 rings (SSSR count). The molecular weight excluding hydrogens is 342 g/mol. The summed E-state index contributed by atoms with van der Waals surface area (Å²) in [6.07, 6.45) is 1.47. The standard InChI is InChI=1S/C16H29N5O5/c1-9(14(17)24)20-16(26)13(7-5-6-8-18-11(3)22)21-15(25)10(2)19-12(4)23/h9-10,13H,5-8H2,1-4H3,(H2,17,24)(H,18,22)(H,19,23)(H,20,26)(H,21,25)/t9-,10-,13-/m0/s1. The highest BCUT2D eigenvalue weighted by molar-refractivity contribution is 5.93. The summed E-state index contributed by atoms with van der Waals surface area (Å²) in [5, 5.41) is 10.1. The average Bonchev–Trinajstić information content (AvgIpc) is 2.51. The minimum atomic E-state index is -0.891. The van der Waals surface area contributed by atoms with Crippen LogP contribution in [-0.4, -0.2) is 54.2 Å². The van der Waals surface area contributed by atoms with Gasteiger partial charge in [0.2, 0.25) is 29.5 Å². The molecule has 6 N–H and O–H groups in total. The molecule has 0 aliphatic carbocycles. The maximum atomic E-state index is 12.3. The molecule has 5 amide bonds. The van der Waals surface area contributed by atoms with Crippen molar-refractivity contribution in [3.63, 3.8) is 0 Å². The van der Waals surface area contributed by atoms with E-state index in [1.165, 1.54) is 27.7 Å². The van der Waals surface area contributed by atoms with Crippen molar-refractivity contribution in [2.24, 2.45) is 5.73 Å². The van der Waals surface area contributed by atoms with Gasteiger partial charge in [-0.25, -0.2) is 0 Å². The number of nitrogens with one attached hydrogen (secondary N) is 4. The number of unbranched alkanes of at least 4 members (excludes halogenated alkanes) is 1. The first kappa shape index (κ1) is 23.4. The van der Waals surface area contributed by atoms with Crippen molar-refractivity contribution < 1.29 is 24.0 Å². The molecule has 0 heterocycles. The van der Waals surface area contributed by atoms with Crippen molar-refractivity contribution in [2.45, 2.75) is 65.1 Å². The highest BCUT2D eigenvalue weighted by Gasteiger charge is 2.25. The van der Waals surface area contributed by atoms with Crippen molar-refractivity contribution in [2.75, 3.05) is 6.54 Å². The van der Waals surface area contributed by atoms with Gasteiger partial charge in [0.1, 0.15) is 18.1 Å². The van der Waals surface area contributed by atoms with Crippen molar-refractivity contribution >= 4 is 29.5 Å². The second-order valence-corrected chi connectivity index (χ2v) is 6.09. The Labute approximate surface area is 153 Å². The molecule has 0 aromatic rings. The average molecular weight is 371 g/mol. The van der Waals surface area contributed by atoms with Gasteiger partial charge in [-0.3, -0.25) is 24.0 Å². The van der Waals surface area contributed by atoms with Crippen LogP contribution >= 0.6 is 0 Å². The van der Waals surface area contributed by atoms with Gasteiger partial charge in [0, 0.05) is 20.4 Å². The summed E-state index contributed by atoms with van der Waals surface area (Å²) in [6.45, 7) is 6.08. The van der Waals surface area contributed by atoms with E-state index in [4.69, 9.17) is 5.73 Å².